The van der Waals surface area contributed by atoms with Gasteiger partial charge in [0.2, 0.25) is 6.41 Å². The number of thiazole rings is 1. The number of carboxylic acid groups (broad SMARTS) is 1. The smallest absolute Gasteiger partial charge is 0.352 e. The fourth-order valence-electron chi connectivity index (χ4n) is 2.59. The topological polar surface area (TPSA) is 150 Å². The number of anilines is 1. The number of nitrogens with zero attached hydrogens (tertiary/aromatic N) is 3. The van der Waals surface area contributed by atoms with Crippen LogP contribution < -0.4 is 10.6 Å². The van der Waals surface area contributed by atoms with Gasteiger partial charge in [0.25, 0.3) is 11.8 Å². The lowest BCUT2D eigenvalue weighted by atomic mass is 10.0. The maximum atomic E-state index is 12.7. The van der Waals surface area contributed by atoms with Crippen molar-refractivity contribution in [2.75, 3.05) is 17.7 Å². The number of rotatable bonds is 8. The van der Waals surface area contributed by atoms with Crippen molar-refractivity contribution >= 4 is 58.1 Å². The number of nitrogens with one attached hydrogen (secondary N) is 2. The summed E-state index contributed by atoms with van der Waals surface area (Å²) in [6, 6.07) is -0.931. The molecule has 11 nitrogen and oxygen atoms in total. The van der Waals surface area contributed by atoms with Crippen LogP contribution in [0.25, 0.3) is 0 Å². The van der Waals surface area contributed by atoms with Gasteiger partial charge in [0.15, 0.2) is 17.5 Å². The molecule has 29 heavy (non-hydrogen) atoms. The summed E-state index contributed by atoms with van der Waals surface area (Å²) in [5.41, 5.74) is -0.240. The van der Waals surface area contributed by atoms with Crippen molar-refractivity contribution in [3.63, 3.8) is 0 Å². The summed E-state index contributed by atoms with van der Waals surface area (Å²) >= 11 is 2.38. The summed E-state index contributed by atoms with van der Waals surface area (Å²) in [7, 11) is 0. The molecule has 13 heteroatoms. The maximum Gasteiger partial charge on any atom is 0.352 e. The Labute approximate surface area is 172 Å². The second kappa shape index (κ2) is 8.76. The van der Waals surface area contributed by atoms with E-state index in [1.807, 2.05) is 0 Å². The highest BCUT2D eigenvalue weighted by Crippen LogP contribution is 2.37. The molecule has 1 unspecified atom stereocenters. The highest BCUT2D eigenvalue weighted by atomic mass is 32.2. The zero-order valence-corrected chi connectivity index (χ0v) is 16.2. The largest absolute Gasteiger partial charge is 0.477 e. The molecule has 2 atom stereocenters. The molecule has 2 aliphatic heterocycles. The minimum Gasteiger partial charge on any atom is -0.477 e. The Bertz CT molecular complexity index is 965. The number of β-lactam (4-membered cyclic amide) rings is 1. The Morgan fingerprint density at radius 2 is 2.34 bits per heavy atom. The third-order valence-corrected chi connectivity index (χ3v) is 5.76. The van der Waals surface area contributed by atoms with Crippen molar-refractivity contribution in [1.29, 1.82) is 0 Å². The Kier molecular flexibility index (Phi) is 6.15. The van der Waals surface area contributed by atoms with Crippen molar-refractivity contribution in [3.05, 3.63) is 22.8 Å². The molecule has 0 spiro atoms. The second-order valence-corrected chi connectivity index (χ2v) is 7.50. The minimum atomic E-state index is -1.21. The number of aliphatic carboxylic acids is 1. The van der Waals surface area contributed by atoms with Gasteiger partial charge >= 0.3 is 5.97 Å². The van der Waals surface area contributed by atoms with Gasteiger partial charge in [0.1, 0.15) is 22.8 Å². The number of fused-ring (bicyclic) bond motifs is 1. The van der Waals surface area contributed by atoms with Gasteiger partial charge in [-0.05, 0) is 6.08 Å². The Balaban J connectivity index is 1.77. The zero-order valence-electron chi connectivity index (χ0n) is 14.5. The third kappa shape index (κ3) is 4.08. The summed E-state index contributed by atoms with van der Waals surface area (Å²) in [6.45, 7) is -0.193. The van der Waals surface area contributed by atoms with Gasteiger partial charge in [-0.25, -0.2) is 9.78 Å². The van der Waals surface area contributed by atoms with E-state index in [4.69, 9.17) is 11.3 Å². The molecule has 0 aliphatic carbocycles. The fourth-order valence-corrected chi connectivity index (χ4v) is 4.44. The first-order valence-electron chi connectivity index (χ1n) is 7.96. The average molecular weight is 435 g/mol. The molecule has 0 aromatic carbocycles. The predicted molar refractivity (Wildman–Crippen MR) is 104 cm³/mol. The van der Waals surface area contributed by atoms with Crippen LogP contribution in [0.4, 0.5) is 5.13 Å². The van der Waals surface area contributed by atoms with Crippen molar-refractivity contribution in [1.82, 2.24) is 15.2 Å². The van der Waals surface area contributed by atoms with E-state index in [9.17, 15) is 24.3 Å². The molecule has 3 N–H and O–H groups in total. The summed E-state index contributed by atoms with van der Waals surface area (Å²) in [5, 5.41) is 18.9. The van der Waals surface area contributed by atoms with Gasteiger partial charge in [-0.2, -0.15) is 0 Å². The van der Waals surface area contributed by atoms with E-state index in [-0.39, 0.29) is 28.8 Å². The highest BCUT2D eigenvalue weighted by molar-refractivity contribution is 8.00. The third-order valence-electron chi connectivity index (χ3n) is 3.80. The lowest BCUT2D eigenvalue weighted by Crippen LogP contribution is -2.70. The van der Waals surface area contributed by atoms with Gasteiger partial charge in [-0.15, -0.1) is 29.5 Å². The Hall–Kier alpha value is -3.37. The van der Waals surface area contributed by atoms with Crippen LogP contribution in [-0.4, -0.2) is 68.7 Å². The van der Waals surface area contributed by atoms with Gasteiger partial charge in [0, 0.05) is 11.1 Å². The monoisotopic (exact) mass is 435 g/mol. The number of carbonyl (C=O) groups excluding carboxylic acids is 3. The van der Waals surface area contributed by atoms with E-state index in [2.05, 4.69) is 26.7 Å². The molecule has 1 aromatic heterocycles. The summed E-state index contributed by atoms with van der Waals surface area (Å²) in [6.07, 6.45) is 6.98. The number of oxime groups is 1. The van der Waals surface area contributed by atoms with Gasteiger partial charge in [-0.3, -0.25) is 19.3 Å². The number of thioether (sulfide) groups is 1. The zero-order chi connectivity index (χ0) is 21.0. The summed E-state index contributed by atoms with van der Waals surface area (Å²) < 4.78 is 0. The van der Waals surface area contributed by atoms with Crippen LogP contribution in [-0.2, 0) is 24.0 Å². The minimum absolute atomic E-state index is 0.111. The average Bonchev–Trinajstić information content (AvgIpc) is 3.16. The van der Waals surface area contributed by atoms with E-state index in [1.165, 1.54) is 23.2 Å². The van der Waals surface area contributed by atoms with Crippen LogP contribution in [0.2, 0.25) is 0 Å². The van der Waals surface area contributed by atoms with Crippen LogP contribution in [0.3, 0.4) is 0 Å². The van der Waals surface area contributed by atoms with Gasteiger partial charge < -0.3 is 20.6 Å². The molecule has 3 heterocycles. The fraction of sp³-hybridized carbons (Fsp3) is 0.250. The quantitative estimate of drug-likeness (QED) is 0.123. The molecule has 150 valence electrons. The summed E-state index contributed by atoms with van der Waals surface area (Å²) in [4.78, 5) is 57.0. The van der Waals surface area contributed by atoms with Crippen LogP contribution in [0, 0.1) is 12.3 Å². The van der Waals surface area contributed by atoms with Gasteiger partial charge in [-0.1, -0.05) is 11.1 Å². The lowest BCUT2D eigenvalue weighted by molar-refractivity contribution is -0.150. The van der Waals surface area contributed by atoms with Gasteiger partial charge in [0.05, 0.1) is 0 Å². The standard InChI is InChI=1S/C16H13N5O6S2/c1-2-4-27-20-10(8-6-29-16(18-8)17-7-22)12(23)19-11-13(24)21-9(15(25)26)3-5-28-14(11)21/h1,3,6-7,11,14H,4-5H2,(H,19,23)(H,25,26)(H,17,18,22)/b20-10-/t11?,14-/m1/s1. The number of hydrogen-bond acceptors (Lipinski definition) is 9. The Morgan fingerprint density at radius 3 is 3.03 bits per heavy atom. The van der Waals surface area contributed by atoms with Crippen molar-refractivity contribution in [3.8, 4) is 12.3 Å². The van der Waals surface area contributed by atoms with E-state index in [0.29, 0.717) is 12.2 Å². The number of terminal acetylenes is 1. The SMILES string of the molecule is C#CCO/N=C(\C(=O)NC1C(=O)N2C(C(=O)O)=CCS[C@H]12)c1csc(NC=O)n1. The number of carboxylic acids is 1. The van der Waals surface area contributed by atoms with Crippen molar-refractivity contribution in [2.24, 2.45) is 5.16 Å². The first-order valence-corrected chi connectivity index (χ1v) is 9.89. The number of aromatic nitrogens is 1. The van der Waals surface area contributed by atoms with Crippen LogP contribution in [0.1, 0.15) is 5.69 Å². The number of carbonyl (C=O) groups is 4. The maximum absolute atomic E-state index is 12.7. The van der Waals surface area contributed by atoms with Crippen molar-refractivity contribution in [2.45, 2.75) is 11.4 Å². The normalized spacial score (nSPS) is 20.5. The molecule has 1 fully saturated rings. The Morgan fingerprint density at radius 1 is 1.55 bits per heavy atom. The number of amides is 3. The van der Waals surface area contributed by atoms with Crippen LogP contribution in [0.5, 0.6) is 0 Å². The summed E-state index contributed by atoms with van der Waals surface area (Å²) in [5.74, 6) is 0.0755. The second-order valence-electron chi connectivity index (χ2n) is 5.50. The molecule has 1 aromatic rings. The predicted octanol–water partition coefficient (Wildman–Crippen LogP) is -0.566. The first-order chi connectivity index (χ1) is 14.0. The molecule has 0 saturated carbocycles. The van der Waals surface area contributed by atoms with Crippen LogP contribution in [0.15, 0.2) is 22.3 Å². The molecule has 1 saturated heterocycles. The highest BCUT2D eigenvalue weighted by Gasteiger charge is 2.53. The lowest BCUT2D eigenvalue weighted by Gasteiger charge is -2.48. The van der Waals surface area contributed by atoms with E-state index >= 15 is 0 Å². The molecule has 0 bridgehead atoms. The van der Waals surface area contributed by atoms with E-state index in [1.54, 1.807) is 0 Å². The molecular formula is C16H13N5O6S2. The van der Waals surface area contributed by atoms with E-state index in [0.717, 1.165) is 16.2 Å². The van der Waals surface area contributed by atoms with Crippen molar-refractivity contribution < 1.29 is 29.1 Å². The van der Waals surface area contributed by atoms with Crippen LogP contribution >= 0.6 is 23.1 Å². The first kappa shape index (κ1) is 20.4. The molecule has 3 amide bonds. The molecule has 0 radical (unpaired) electrons. The molecule has 3 rings (SSSR count). The number of hydrogen-bond donors (Lipinski definition) is 3. The molecule has 2 aliphatic rings. The van der Waals surface area contributed by atoms with E-state index < -0.39 is 29.2 Å². The molecular weight excluding hydrogens is 422 g/mol.